The van der Waals surface area contributed by atoms with E-state index >= 15 is 0 Å². The van der Waals surface area contributed by atoms with E-state index < -0.39 is 0 Å². The second kappa shape index (κ2) is 6.20. The summed E-state index contributed by atoms with van der Waals surface area (Å²) in [5.41, 5.74) is 8.17. The number of thiocarbonyl (C=S) groups is 1. The highest BCUT2D eigenvalue weighted by Crippen LogP contribution is 2.25. The van der Waals surface area contributed by atoms with E-state index in [1.54, 1.807) is 24.3 Å². The molecule has 0 aliphatic rings. The molecule has 0 fully saturated rings. The monoisotopic (exact) mass is 308 g/mol. The molecule has 0 aliphatic carbocycles. The summed E-state index contributed by atoms with van der Waals surface area (Å²) in [6.07, 6.45) is 0. The molecule has 104 valence electrons. The van der Waals surface area contributed by atoms with Crippen LogP contribution in [0.3, 0.4) is 0 Å². The first kappa shape index (κ1) is 14.8. The molecule has 0 saturated carbocycles. The van der Waals surface area contributed by atoms with Gasteiger partial charge in [0.25, 0.3) is 0 Å². The Morgan fingerprint density at radius 2 is 2.05 bits per heavy atom. The minimum atomic E-state index is -0.253. The highest BCUT2D eigenvalue weighted by molar-refractivity contribution is 7.80. The van der Waals surface area contributed by atoms with Crippen molar-refractivity contribution < 1.29 is 4.39 Å². The van der Waals surface area contributed by atoms with E-state index in [1.165, 1.54) is 12.1 Å². The SMILES string of the molecule is CN(Cc1cccc(F)c1)c1cc(Cl)ccc1C(N)=S. The lowest BCUT2D eigenvalue weighted by Gasteiger charge is -2.22. The summed E-state index contributed by atoms with van der Waals surface area (Å²) >= 11 is 11.1. The van der Waals surface area contributed by atoms with Crippen LogP contribution in [-0.2, 0) is 6.54 Å². The van der Waals surface area contributed by atoms with Gasteiger partial charge in [0.2, 0.25) is 0 Å². The number of hydrogen-bond acceptors (Lipinski definition) is 2. The first-order chi connectivity index (χ1) is 9.47. The third-order valence-electron chi connectivity index (χ3n) is 2.95. The van der Waals surface area contributed by atoms with Crippen molar-refractivity contribution in [3.05, 3.63) is 64.4 Å². The summed E-state index contributed by atoms with van der Waals surface area (Å²) in [4.78, 5) is 2.25. The Morgan fingerprint density at radius 1 is 1.30 bits per heavy atom. The second-order valence-electron chi connectivity index (χ2n) is 4.51. The van der Waals surface area contributed by atoms with Crippen LogP contribution in [-0.4, -0.2) is 12.0 Å². The van der Waals surface area contributed by atoms with Crippen molar-refractivity contribution in [1.82, 2.24) is 0 Å². The molecule has 0 aliphatic heterocycles. The fourth-order valence-electron chi connectivity index (χ4n) is 2.02. The van der Waals surface area contributed by atoms with E-state index in [-0.39, 0.29) is 5.82 Å². The molecule has 2 aromatic rings. The number of halogens is 2. The number of hydrogen-bond donors (Lipinski definition) is 1. The Bertz CT molecular complexity index is 646. The van der Waals surface area contributed by atoms with Gasteiger partial charge < -0.3 is 10.6 Å². The van der Waals surface area contributed by atoms with Gasteiger partial charge in [-0.2, -0.15) is 0 Å². The molecule has 2 N–H and O–H groups in total. The zero-order valence-corrected chi connectivity index (χ0v) is 12.5. The van der Waals surface area contributed by atoms with Gasteiger partial charge in [-0.1, -0.05) is 36.0 Å². The van der Waals surface area contributed by atoms with Crippen molar-refractivity contribution in [3.8, 4) is 0 Å². The van der Waals surface area contributed by atoms with Gasteiger partial charge in [-0.05, 0) is 35.9 Å². The minimum Gasteiger partial charge on any atom is -0.389 e. The van der Waals surface area contributed by atoms with Gasteiger partial charge in [0.1, 0.15) is 10.8 Å². The van der Waals surface area contributed by atoms with Crippen molar-refractivity contribution in [2.24, 2.45) is 5.73 Å². The lowest BCUT2D eigenvalue weighted by Crippen LogP contribution is -2.21. The number of benzene rings is 2. The van der Waals surface area contributed by atoms with E-state index in [4.69, 9.17) is 29.6 Å². The quantitative estimate of drug-likeness (QED) is 0.872. The van der Waals surface area contributed by atoms with Crippen molar-refractivity contribution in [3.63, 3.8) is 0 Å². The molecule has 2 nitrogen and oxygen atoms in total. The number of nitrogens with two attached hydrogens (primary N) is 1. The molecule has 0 aromatic heterocycles. The molecule has 0 heterocycles. The zero-order valence-electron chi connectivity index (χ0n) is 10.9. The van der Waals surface area contributed by atoms with Crippen molar-refractivity contribution >= 4 is 34.5 Å². The van der Waals surface area contributed by atoms with Crippen molar-refractivity contribution in [2.45, 2.75) is 6.54 Å². The van der Waals surface area contributed by atoms with Crippen LogP contribution in [0.4, 0.5) is 10.1 Å². The molecule has 20 heavy (non-hydrogen) atoms. The fourth-order valence-corrected chi connectivity index (χ4v) is 2.36. The molecule has 0 spiro atoms. The Morgan fingerprint density at radius 3 is 2.70 bits per heavy atom. The van der Waals surface area contributed by atoms with E-state index in [2.05, 4.69) is 0 Å². The van der Waals surface area contributed by atoms with Gasteiger partial charge in [-0.15, -0.1) is 0 Å². The first-order valence-corrected chi connectivity index (χ1v) is 6.81. The Hall–Kier alpha value is -1.65. The van der Waals surface area contributed by atoms with Crippen molar-refractivity contribution in [1.29, 1.82) is 0 Å². The van der Waals surface area contributed by atoms with Crippen molar-refractivity contribution in [2.75, 3.05) is 11.9 Å². The molecule has 0 radical (unpaired) electrons. The fraction of sp³-hybridized carbons (Fsp3) is 0.133. The summed E-state index contributed by atoms with van der Waals surface area (Å²) in [5, 5.41) is 0.603. The molecule has 0 amide bonds. The van der Waals surface area contributed by atoms with E-state index in [0.29, 0.717) is 16.6 Å². The molecular weight excluding hydrogens is 295 g/mol. The van der Waals surface area contributed by atoms with E-state index in [0.717, 1.165) is 16.8 Å². The molecule has 0 saturated heterocycles. The van der Waals surface area contributed by atoms with Gasteiger partial charge >= 0.3 is 0 Å². The van der Waals surface area contributed by atoms with Crippen LogP contribution in [0.2, 0.25) is 5.02 Å². The Kier molecular flexibility index (Phi) is 4.57. The minimum absolute atomic E-state index is 0.253. The molecule has 0 bridgehead atoms. The highest BCUT2D eigenvalue weighted by atomic mass is 35.5. The van der Waals surface area contributed by atoms with Crippen LogP contribution in [0.1, 0.15) is 11.1 Å². The van der Waals surface area contributed by atoms with Crippen LogP contribution >= 0.6 is 23.8 Å². The highest BCUT2D eigenvalue weighted by Gasteiger charge is 2.11. The van der Waals surface area contributed by atoms with Crippen LogP contribution < -0.4 is 10.6 Å². The average Bonchev–Trinajstić information content (AvgIpc) is 2.38. The maximum Gasteiger partial charge on any atom is 0.123 e. The Labute approximate surface area is 128 Å². The van der Waals surface area contributed by atoms with Gasteiger partial charge in [0.05, 0.1) is 0 Å². The van der Waals surface area contributed by atoms with E-state index in [9.17, 15) is 4.39 Å². The molecule has 2 rings (SSSR count). The topological polar surface area (TPSA) is 29.3 Å². The lowest BCUT2D eigenvalue weighted by molar-refractivity contribution is 0.625. The number of rotatable bonds is 4. The van der Waals surface area contributed by atoms with E-state index in [1.807, 2.05) is 18.0 Å². The smallest absolute Gasteiger partial charge is 0.123 e. The predicted molar refractivity (Wildman–Crippen MR) is 85.8 cm³/mol. The number of anilines is 1. The molecule has 0 atom stereocenters. The summed E-state index contributed by atoms with van der Waals surface area (Å²) in [6.45, 7) is 0.535. The molecular formula is C15H14ClFN2S. The maximum absolute atomic E-state index is 13.2. The summed E-state index contributed by atoms with van der Waals surface area (Å²) in [7, 11) is 1.89. The van der Waals surface area contributed by atoms with Gasteiger partial charge in [0, 0.05) is 29.9 Å². The van der Waals surface area contributed by atoms with Gasteiger partial charge in [-0.25, -0.2) is 4.39 Å². The second-order valence-corrected chi connectivity index (χ2v) is 5.39. The maximum atomic E-state index is 13.2. The number of nitrogens with zero attached hydrogens (tertiary/aromatic N) is 1. The summed E-state index contributed by atoms with van der Waals surface area (Å²) < 4.78 is 13.2. The van der Waals surface area contributed by atoms with Crippen LogP contribution in [0.15, 0.2) is 42.5 Å². The summed E-state index contributed by atoms with van der Waals surface area (Å²) in [5.74, 6) is -0.253. The average molecular weight is 309 g/mol. The molecule has 5 heteroatoms. The first-order valence-electron chi connectivity index (χ1n) is 6.02. The van der Waals surface area contributed by atoms with Crippen LogP contribution in [0.25, 0.3) is 0 Å². The predicted octanol–water partition coefficient (Wildman–Crippen LogP) is 3.75. The Balaban J connectivity index is 2.31. The molecule has 2 aromatic carbocycles. The lowest BCUT2D eigenvalue weighted by atomic mass is 10.1. The normalized spacial score (nSPS) is 10.3. The largest absolute Gasteiger partial charge is 0.389 e. The standard InChI is InChI=1S/C15H14ClFN2S/c1-19(9-10-3-2-4-12(17)7-10)14-8-11(16)5-6-13(14)15(18)20/h2-8H,9H2,1H3,(H2,18,20). The zero-order chi connectivity index (χ0) is 14.7. The molecule has 0 unspecified atom stereocenters. The third-order valence-corrected chi connectivity index (χ3v) is 3.40. The van der Waals surface area contributed by atoms with Gasteiger partial charge in [-0.3, -0.25) is 0 Å². The third kappa shape index (κ3) is 3.46. The van der Waals surface area contributed by atoms with Crippen LogP contribution in [0.5, 0.6) is 0 Å². The summed E-state index contributed by atoms with van der Waals surface area (Å²) in [6, 6.07) is 11.8. The van der Waals surface area contributed by atoms with Crippen LogP contribution in [0, 0.1) is 5.82 Å². The van der Waals surface area contributed by atoms with Gasteiger partial charge in [0.15, 0.2) is 0 Å².